The maximum Gasteiger partial charge on any atom is 0.265 e. The first-order valence-corrected chi connectivity index (χ1v) is 9.77. The topological polar surface area (TPSA) is 64.0 Å². The third-order valence-electron chi connectivity index (χ3n) is 4.56. The van der Waals surface area contributed by atoms with E-state index in [9.17, 15) is 9.59 Å². The molecule has 0 bridgehead atoms. The van der Waals surface area contributed by atoms with Crippen LogP contribution in [0.4, 0.5) is 5.69 Å². The van der Waals surface area contributed by atoms with Gasteiger partial charge >= 0.3 is 0 Å². The number of Topliss-reactive ketones (excluding diaryl/α,β-unsaturated/α-hetero) is 1. The summed E-state index contributed by atoms with van der Waals surface area (Å²) in [5.74, 6) is -0.304. The van der Waals surface area contributed by atoms with Crippen molar-refractivity contribution in [1.29, 1.82) is 0 Å². The number of hydrogen-bond donors (Lipinski definition) is 1. The highest BCUT2D eigenvalue weighted by Crippen LogP contribution is 2.30. The molecule has 0 aliphatic heterocycles. The van der Waals surface area contributed by atoms with E-state index < -0.39 is 0 Å². The molecular formula is C22H19N3O2S. The molecule has 5 nitrogen and oxygen atoms in total. The van der Waals surface area contributed by atoms with E-state index in [0.717, 1.165) is 21.5 Å². The lowest BCUT2D eigenvalue weighted by Gasteiger charge is -2.07. The van der Waals surface area contributed by atoms with Crippen LogP contribution in [0.25, 0.3) is 10.2 Å². The molecule has 0 radical (unpaired) electrons. The van der Waals surface area contributed by atoms with E-state index in [2.05, 4.69) is 22.5 Å². The van der Waals surface area contributed by atoms with Crippen LogP contribution in [0.5, 0.6) is 0 Å². The number of carbonyl (C=O) groups is 2. The monoisotopic (exact) mass is 389 g/mol. The minimum atomic E-state index is -0.222. The van der Waals surface area contributed by atoms with Crippen LogP contribution in [0.3, 0.4) is 0 Å². The highest BCUT2D eigenvalue weighted by Gasteiger charge is 2.18. The maximum absolute atomic E-state index is 12.8. The summed E-state index contributed by atoms with van der Waals surface area (Å²) in [6, 6.07) is 19.0. The quantitative estimate of drug-likeness (QED) is 0.493. The van der Waals surface area contributed by atoms with Gasteiger partial charge in [-0.05, 0) is 37.6 Å². The van der Waals surface area contributed by atoms with Crippen molar-refractivity contribution < 1.29 is 9.59 Å². The normalized spacial score (nSPS) is 10.9. The number of carbonyl (C=O) groups excluding carboxylic acids is 2. The standard InChI is InChI=1S/C22H19N3O2S/c1-14-18-12-20(21(27)23-19-11-7-6-10-17(19)15(2)26)28-22(18)25(24-14)13-16-8-4-3-5-9-16/h3-12H,13H2,1-2H3,(H,23,27). The second-order valence-electron chi connectivity index (χ2n) is 6.61. The summed E-state index contributed by atoms with van der Waals surface area (Å²) in [5.41, 5.74) is 3.08. The smallest absolute Gasteiger partial charge is 0.265 e. The Labute approximate surface area is 166 Å². The predicted octanol–water partition coefficient (Wildman–Crippen LogP) is 4.91. The number of amides is 1. The number of thiophene rings is 1. The SMILES string of the molecule is CC(=O)c1ccccc1NC(=O)c1cc2c(C)nn(Cc3ccccc3)c2s1. The lowest BCUT2D eigenvalue weighted by atomic mass is 10.1. The molecule has 140 valence electrons. The van der Waals surface area contributed by atoms with Crippen LogP contribution in [-0.4, -0.2) is 21.5 Å². The van der Waals surface area contributed by atoms with Gasteiger partial charge in [0.1, 0.15) is 4.83 Å². The van der Waals surface area contributed by atoms with Gasteiger partial charge in [0, 0.05) is 10.9 Å². The summed E-state index contributed by atoms with van der Waals surface area (Å²) in [6.07, 6.45) is 0. The van der Waals surface area contributed by atoms with Gasteiger partial charge in [-0.3, -0.25) is 14.3 Å². The fourth-order valence-corrected chi connectivity index (χ4v) is 4.23. The largest absolute Gasteiger partial charge is 0.321 e. The van der Waals surface area contributed by atoms with Gasteiger partial charge < -0.3 is 5.32 Å². The highest BCUT2D eigenvalue weighted by atomic mass is 32.1. The first-order chi connectivity index (χ1) is 13.5. The van der Waals surface area contributed by atoms with E-state index in [4.69, 9.17) is 0 Å². The Hall–Kier alpha value is -3.25. The Kier molecular flexibility index (Phi) is 4.79. The Morgan fingerprint density at radius 3 is 2.54 bits per heavy atom. The van der Waals surface area contributed by atoms with E-state index in [1.807, 2.05) is 35.9 Å². The van der Waals surface area contributed by atoms with Gasteiger partial charge in [-0.1, -0.05) is 42.5 Å². The van der Waals surface area contributed by atoms with Crippen LogP contribution in [0, 0.1) is 6.92 Å². The van der Waals surface area contributed by atoms with Gasteiger partial charge in [-0.25, -0.2) is 0 Å². The van der Waals surface area contributed by atoms with Crippen LogP contribution >= 0.6 is 11.3 Å². The van der Waals surface area contributed by atoms with Gasteiger partial charge in [-0.2, -0.15) is 5.10 Å². The van der Waals surface area contributed by atoms with Crippen molar-refractivity contribution in [3.05, 3.63) is 82.4 Å². The Morgan fingerprint density at radius 2 is 1.79 bits per heavy atom. The molecule has 0 spiro atoms. The third kappa shape index (κ3) is 3.46. The number of anilines is 1. The molecule has 2 heterocycles. The number of aryl methyl sites for hydroxylation is 1. The summed E-state index contributed by atoms with van der Waals surface area (Å²) < 4.78 is 1.94. The number of nitrogens with zero attached hydrogens (tertiary/aromatic N) is 2. The van der Waals surface area contributed by atoms with Crippen LogP contribution in [0.1, 0.15) is 38.2 Å². The van der Waals surface area contributed by atoms with Crippen molar-refractivity contribution in [3.8, 4) is 0 Å². The van der Waals surface area contributed by atoms with Crippen LogP contribution in [0.15, 0.2) is 60.7 Å². The highest BCUT2D eigenvalue weighted by molar-refractivity contribution is 7.20. The molecule has 1 amide bonds. The van der Waals surface area contributed by atoms with Gasteiger partial charge in [0.05, 0.1) is 22.8 Å². The van der Waals surface area contributed by atoms with Gasteiger partial charge in [0.25, 0.3) is 5.91 Å². The fourth-order valence-electron chi connectivity index (χ4n) is 3.17. The van der Waals surface area contributed by atoms with Crippen molar-refractivity contribution in [2.45, 2.75) is 20.4 Å². The summed E-state index contributed by atoms with van der Waals surface area (Å²) in [4.78, 5) is 26.1. The number of nitrogens with one attached hydrogen (secondary N) is 1. The average molecular weight is 389 g/mol. The molecule has 1 N–H and O–H groups in total. The maximum atomic E-state index is 12.8. The van der Waals surface area contributed by atoms with Crippen LogP contribution in [-0.2, 0) is 6.54 Å². The molecule has 0 aliphatic carbocycles. The zero-order valence-electron chi connectivity index (χ0n) is 15.6. The minimum Gasteiger partial charge on any atom is -0.321 e. The number of ketones is 1. The van der Waals surface area contributed by atoms with E-state index in [1.54, 1.807) is 24.3 Å². The minimum absolute atomic E-state index is 0.0819. The van der Waals surface area contributed by atoms with Gasteiger partial charge in [0.15, 0.2) is 5.78 Å². The summed E-state index contributed by atoms with van der Waals surface area (Å²) in [6.45, 7) is 4.09. The van der Waals surface area contributed by atoms with E-state index in [1.165, 1.54) is 18.3 Å². The Balaban J connectivity index is 1.64. The van der Waals surface area contributed by atoms with Crippen LogP contribution in [0.2, 0.25) is 0 Å². The van der Waals surface area contributed by atoms with E-state index in [0.29, 0.717) is 22.7 Å². The number of aromatic nitrogens is 2. The van der Waals surface area contributed by atoms with Crippen molar-refractivity contribution in [2.75, 3.05) is 5.32 Å². The second kappa shape index (κ2) is 7.40. The lowest BCUT2D eigenvalue weighted by Crippen LogP contribution is -2.13. The molecule has 0 saturated heterocycles. The summed E-state index contributed by atoms with van der Waals surface area (Å²) >= 11 is 1.41. The molecule has 28 heavy (non-hydrogen) atoms. The molecule has 0 fully saturated rings. The molecule has 4 aromatic rings. The molecule has 2 aromatic heterocycles. The average Bonchev–Trinajstić information content (AvgIpc) is 3.24. The molecule has 4 rings (SSSR count). The van der Waals surface area contributed by atoms with Crippen molar-refractivity contribution in [1.82, 2.24) is 9.78 Å². The molecular weight excluding hydrogens is 370 g/mol. The van der Waals surface area contributed by atoms with Gasteiger partial charge in [0.2, 0.25) is 0 Å². The number of para-hydroxylation sites is 1. The first kappa shape index (κ1) is 18.1. The number of benzene rings is 2. The summed E-state index contributed by atoms with van der Waals surface area (Å²) in [5, 5.41) is 8.46. The lowest BCUT2D eigenvalue weighted by molar-refractivity contribution is 0.101. The fraction of sp³-hybridized carbons (Fsp3) is 0.136. The molecule has 0 aliphatic rings. The Bertz CT molecular complexity index is 1180. The molecule has 0 atom stereocenters. The van der Waals surface area contributed by atoms with E-state index in [-0.39, 0.29) is 11.7 Å². The van der Waals surface area contributed by atoms with Crippen molar-refractivity contribution >= 4 is 38.9 Å². The zero-order valence-corrected chi connectivity index (χ0v) is 16.4. The molecule has 0 saturated carbocycles. The first-order valence-electron chi connectivity index (χ1n) is 8.95. The second-order valence-corrected chi connectivity index (χ2v) is 7.64. The number of rotatable bonds is 5. The number of fused-ring (bicyclic) bond motifs is 1. The van der Waals surface area contributed by atoms with E-state index >= 15 is 0 Å². The third-order valence-corrected chi connectivity index (χ3v) is 5.71. The molecule has 6 heteroatoms. The van der Waals surface area contributed by atoms with Crippen molar-refractivity contribution in [3.63, 3.8) is 0 Å². The van der Waals surface area contributed by atoms with Gasteiger partial charge in [-0.15, -0.1) is 11.3 Å². The summed E-state index contributed by atoms with van der Waals surface area (Å²) in [7, 11) is 0. The Morgan fingerprint density at radius 1 is 1.07 bits per heavy atom. The molecule has 0 unspecified atom stereocenters. The predicted molar refractivity (Wildman–Crippen MR) is 112 cm³/mol. The zero-order chi connectivity index (χ0) is 19.7. The van der Waals surface area contributed by atoms with Crippen LogP contribution < -0.4 is 5.32 Å². The molecule has 2 aromatic carbocycles. The van der Waals surface area contributed by atoms with Crippen molar-refractivity contribution in [2.24, 2.45) is 0 Å². The number of hydrogen-bond acceptors (Lipinski definition) is 4.